The third-order valence-corrected chi connectivity index (χ3v) is 4.13. The van der Waals surface area contributed by atoms with E-state index in [1.54, 1.807) is 18.2 Å². The molecule has 0 spiro atoms. The van der Waals surface area contributed by atoms with Gasteiger partial charge in [-0.2, -0.15) is 10.1 Å². The van der Waals surface area contributed by atoms with E-state index in [4.69, 9.17) is 23.2 Å². The van der Waals surface area contributed by atoms with E-state index in [9.17, 15) is 0 Å². The van der Waals surface area contributed by atoms with Gasteiger partial charge in [-0.3, -0.25) is 0 Å². The molecule has 0 atom stereocenters. The highest BCUT2D eigenvalue weighted by Crippen LogP contribution is 2.28. The van der Waals surface area contributed by atoms with Gasteiger partial charge in [0, 0.05) is 10.7 Å². The lowest BCUT2D eigenvalue weighted by Gasteiger charge is -2.14. The summed E-state index contributed by atoms with van der Waals surface area (Å²) in [6, 6.07) is 13.3. The average molecular weight is 374 g/mol. The molecule has 0 saturated heterocycles. The average Bonchev–Trinajstić information content (AvgIpc) is 2.58. The molecule has 0 amide bonds. The summed E-state index contributed by atoms with van der Waals surface area (Å²) < 4.78 is 0. The van der Waals surface area contributed by atoms with Gasteiger partial charge in [0.1, 0.15) is 0 Å². The first-order chi connectivity index (χ1) is 12.0. The van der Waals surface area contributed by atoms with E-state index >= 15 is 0 Å². The van der Waals surface area contributed by atoms with Crippen molar-refractivity contribution in [3.05, 3.63) is 64.3 Å². The Hall–Kier alpha value is -2.37. The second kappa shape index (κ2) is 7.68. The summed E-state index contributed by atoms with van der Waals surface area (Å²) in [6.07, 6.45) is 1.53. The minimum atomic E-state index is 0.380. The van der Waals surface area contributed by atoms with Crippen LogP contribution in [0.15, 0.2) is 48.7 Å². The minimum absolute atomic E-state index is 0.380. The van der Waals surface area contributed by atoms with E-state index in [2.05, 4.69) is 45.7 Å². The van der Waals surface area contributed by atoms with Gasteiger partial charge in [0.25, 0.3) is 0 Å². The molecule has 5 nitrogen and oxygen atoms in total. The number of hydrogen-bond donors (Lipinski definition) is 2. The van der Waals surface area contributed by atoms with Gasteiger partial charge in [0.05, 0.1) is 16.9 Å². The van der Waals surface area contributed by atoms with Gasteiger partial charge >= 0.3 is 0 Å². The second-order valence-electron chi connectivity index (χ2n) is 5.78. The summed E-state index contributed by atoms with van der Waals surface area (Å²) in [5.41, 5.74) is 2.84. The first-order valence-electron chi connectivity index (χ1n) is 7.80. The Kier molecular flexibility index (Phi) is 5.36. The molecule has 0 fully saturated rings. The van der Waals surface area contributed by atoms with Crippen LogP contribution in [0.2, 0.25) is 10.0 Å². The molecule has 7 heteroatoms. The molecule has 0 unspecified atom stereocenters. The Balaban J connectivity index is 1.82. The molecule has 0 aliphatic carbocycles. The standard InChI is InChI=1S/C18H17Cl2N5/c1-11(2)13-5-3-4-6-15(13)23-18-24-17(10-21-25-18)22-16-8-7-12(19)9-14(16)20/h3-11H,1-2H3,(H2,22,23,24,25). The maximum Gasteiger partial charge on any atom is 0.249 e. The van der Waals surface area contributed by atoms with Crippen LogP contribution in [-0.2, 0) is 0 Å². The van der Waals surface area contributed by atoms with Crippen LogP contribution in [0.5, 0.6) is 0 Å². The summed E-state index contributed by atoms with van der Waals surface area (Å²) in [6.45, 7) is 4.28. The van der Waals surface area contributed by atoms with Crippen molar-refractivity contribution >= 4 is 46.3 Å². The fourth-order valence-corrected chi connectivity index (χ4v) is 2.84. The van der Waals surface area contributed by atoms with Crippen molar-refractivity contribution in [2.75, 3.05) is 10.6 Å². The van der Waals surface area contributed by atoms with Crippen molar-refractivity contribution in [2.45, 2.75) is 19.8 Å². The van der Waals surface area contributed by atoms with Crippen molar-refractivity contribution in [1.82, 2.24) is 15.2 Å². The number of benzene rings is 2. The van der Waals surface area contributed by atoms with Crippen LogP contribution in [-0.4, -0.2) is 15.2 Å². The number of aromatic nitrogens is 3. The highest BCUT2D eigenvalue weighted by Gasteiger charge is 2.09. The first kappa shape index (κ1) is 17.5. The van der Waals surface area contributed by atoms with E-state index in [0.29, 0.717) is 33.4 Å². The van der Waals surface area contributed by atoms with Crippen LogP contribution < -0.4 is 10.6 Å². The Bertz CT molecular complexity index is 883. The van der Waals surface area contributed by atoms with E-state index in [1.807, 2.05) is 18.2 Å². The number of nitrogens with one attached hydrogen (secondary N) is 2. The predicted molar refractivity (Wildman–Crippen MR) is 103 cm³/mol. The van der Waals surface area contributed by atoms with Gasteiger partial charge in [-0.25, -0.2) is 0 Å². The summed E-state index contributed by atoms with van der Waals surface area (Å²) in [4.78, 5) is 4.44. The highest BCUT2D eigenvalue weighted by molar-refractivity contribution is 6.36. The Morgan fingerprint density at radius 1 is 0.960 bits per heavy atom. The molecule has 3 aromatic rings. The zero-order valence-electron chi connectivity index (χ0n) is 13.8. The van der Waals surface area contributed by atoms with Gasteiger partial charge in [-0.15, -0.1) is 5.10 Å². The minimum Gasteiger partial charge on any atom is -0.338 e. The number of hydrogen-bond acceptors (Lipinski definition) is 5. The van der Waals surface area contributed by atoms with Crippen LogP contribution >= 0.6 is 23.2 Å². The number of para-hydroxylation sites is 1. The first-order valence-corrected chi connectivity index (χ1v) is 8.56. The van der Waals surface area contributed by atoms with Gasteiger partial charge in [-0.05, 0) is 35.7 Å². The molecule has 1 aromatic heterocycles. The summed E-state index contributed by atoms with van der Waals surface area (Å²) in [5, 5.41) is 15.5. The van der Waals surface area contributed by atoms with Crippen molar-refractivity contribution < 1.29 is 0 Å². The van der Waals surface area contributed by atoms with Crippen molar-refractivity contribution in [3.63, 3.8) is 0 Å². The molecular weight excluding hydrogens is 357 g/mol. The second-order valence-corrected chi connectivity index (χ2v) is 6.62. The predicted octanol–water partition coefficient (Wildman–Crippen LogP) is 5.79. The normalized spacial score (nSPS) is 10.8. The lowest BCUT2D eigenvalue weighted by Crippen LogP contribution is -2.04. The molecule has 0 saturated carbocycles. The third kappa shape index (κ3) is 4.38. The molecule has 0 aliphatic heterocycles. The summed E-state index contributed by atoms with van der Waals surface area (Å²) in [5.74, 6) is 1.32. The number of nitrogens with zero attached hydrogens (tertiary/aromatic N) is 3. The van der Waals surface area contributed by atoms with Gasteiger partial charge in [-0.1, -0.05) is 55.2 Å². The van der Waals surface area contributed by atoms with Crippen LogP contribution in [0.3, 0.4) is 0 Å². The molecule has 0 bridgehead atoms. The van der Waals surface area contributed by atoms with Crippen molar-refractivity contribution in [2.24, 2.45) is 0 Å². The lowest BCUT2D eigenvalue weighted by molar-refractivity contribution is 0.867. The molecule has 1 heterocycles. The monoisotopic (exact) mass is 373 g/mol. The van der Waals surface area contributed by atoms with Crippen LogP contribution in [0.4, 0.5) is 23.1 Å². The summed E-state index contributed by atoms with van der Waals surface area (Å²) >= 11 is 12.1. The fourth-order valence-electron chi connectivity index (χ4n) is 2.38. The van der Waals surface area contributed by atoms with Gasteiger partial charge < -0.3 is 10.6 Å². The topological polar surface area (TPSA) is 62.7 Å². The molecule has 0 radical (unpaired) electrons. The zero-order valence-corrected chi connectivity index (χ0v) is 15.3. The molecule has 2 aromatic carbocycles. The van der Waals surface area contributed by atoms with Crippen LogP contribution in [0, 0.1) is 0 Å². The highest BCUT2D eigenvalue weighted by atomic mass is 35.5. The smallest absolute Gasteiger partial charge is 0.249 e. The fraction of sp³-hybridized carbons (Fsp3) is 0.167. The maximum absolute atomic E-state index is 6.18. The molecule has 3 rings (SSSR count). The molecule has 128 valence electrons. The zero-order chi connectivity index (χ0) is 17.8. The van der Waals surface area contributed by atoms with Crippen molar-refractivity contribution in [3.8, 4) is 0 Å². The van der Waals surface area contributed by atoms with Crippen LogP contribution in [0.1, 0.15) is 25.3 Å². The van der Waals surface area contributed by atoms with E-state index in [-0.39, 0.29) is 0 Å². The van der Waals surface area contributed by atoms with E-state index < -0.39 is 0 Å². The molecule has 2 N–H and O–H groups in total. The Labute approximate surface area is 156 Å². The quantitative estimate of drug-likeness (QED) is 0.592. The number of halogens is 2. The Morgan fingerprint density at radius 3 is 2.52 bits per heavy atom. The summed E-state index contributed by atoms with van der Waals surface area (Å²) in [7, 11) is 0. The lowest BCUT2D eigenvalue weighted by atomic mass is 10.0. The van der Waals surface area contributed by atoms with Gasteiger partial charge in [0.2, 0.25) is 5.95 Å². The van der Waals surface area contributed by atoms with E-state index in [0.717, 1.165) is 5.69 Å². The van der Waals surface area contributed by atoms with Gasteiger partial charge in [0.15, 0.2) is 5.82 Å². The van der Waals surface area contributed by atoms with Crippen LogP contribution in [0.25, 0.3) is 0 Å². The number of rotatable bonds is 5. The Morgan fingerprint density at radius 2 is 1.76 bits per heavy atom. The van der Waals surface area contributed by atoms with E-state index in [1.165, 1.54) is 11.8 Å². The number of anilines is 4. The largest absolute Gasteiger partial charge is 0.338 e. The molecule has 0 aliphatic rings. The van der Waals surface area contributed by atoms with Crippen molar-refractivity contribution in [1.29, 1.82) is 0 Å². The third-order valence-electron chi connectivity index (χ3n) is 3.58. The molecule has 25 heavy (non-hydrogen) atoms. The SMILES string of the molecule is CC(C)c1ccccc1Nc1nncc(Nc2ccc(Cl)cc2Cl)n1. The molecular formula is C18H17Cl2N5. The maximum atomic E-state index is 6.18.